The average molecular weight is 279 g/mol. The Morgan fingerprint density at radius 3 is 2.62 bits per heavy atom. The smallest absolute Gasteiger partial charge is 0.122 e. The highest BCUT2D eigenvalue weighted by atomic mass is 16.5. The Labute approximate surface area is 127 Å². The Balaban J connectivity index is 2.21. The maximum atomic E-state index is 9.28. The van der Waals surface area contributed by atoms with Crippen molar-refractivity contribution in [2.45, 2.75) is 39.7 Å². The number of hydrogen-bond acceptors (Lipinski definition) is 2. The normalized spacial score (nSPS) is 11.7. The van der Waals surface area contributed by atoms with Gasteiger partial charge < -0.3 is 4.74 Å². The van der Waals surface area contributed by atoms with E-state index >= 15 is 0 Å². The zero-order valence-corrected chi connectivity index (χ0v) is 12.9. The fourth-order valence-corrected chi connectivity index (χ4v) is 2.40. The summed E-state index contributed by atoms with van der Waals surface area (Å²) >= 11 is 0. The molecule has 108 valence electrons. The van der Waals surface area contributed by atoms with Gasteiger partial charge in [-0.05, 0) is 48.6 Å². The lowest BCUT2D eigenvalue weighted by atomic mass is 9.93. The minimum Gasteiger partial charge on any atom is -0.489 e. The first-order chi connectivity index (χ1) is 10.2. The highest BCUT2D eigenvalue weighted by Gasteiger charge is 2.13. The summed E-state index contributed by atoms with van der Waals surface area (Å²) in [6, 6.07) is 16.6. The number of nitrogens with zero attached hydrogens (tertiary/aromatic N) is 1. The molecular weight excluding hydrogens is 258 g/mol. The van der Waals surface area contributed by atoms with Crippen LogP contribution in [-0.2, 0) is 6.61 Å². The van der Waals surface area contributed by atoms with Gasteiger partial charge in [0, 0.05) is 0 Å². The number of aryl methyl sites for hydroxylation is 2. The zero-order chi connectivity index (χ0) is 15.2. The third kappa shape index (κ3) is 3.64. The lowest BCUT2D eigenvalue weighted by Crippen LogP contribution is -2.04. The van der Waals surface area contributed by atoms with Crippen molar-refractivity contribution in [1.82, 2.24) is 0 Å². The van der Waals surface area contributed by atoms with Crippen LogP contribution >= 0.6 is 0 Å². The van der Waals surface area contributed by atoms with Gasteiger partial charge in [-0.1, -0.05) is 43.3 Å². The Bertz CT molecular complexity index is 655. The summed E-state index contributed by atoms with van der Waals surface area (Å²) in [4.78, 5) is 0. The van der Waals surface area contributed by atoms with Crippen molar-refractivity contribution in [3.8, 4) is 11.8 Å². The monoisotopic (exact) mass is 279 g/mol. The van der Waals surface area contributed by atoms with Crippen LogP contribution in [0.5, 0.6) is 5.75 Å². The van der Waals surface area contributed by atoms with Gasteiger partial charge in [-0.2, -0.15) is 5.26 Å². The molecule has 2 heteroatoms. The van der Waals surface area contributed by atoms with Crippen LogP contribution in [0.25, 0.3) is 0 Å². The van der Waals surface area contributed by atoms with E-state index in [2.05, 4.69) is 31.2 Å². The highest BCUT2D eigenvalue weighted by Crippen LogP contribution is 2.25. The van der Waals surface area contributed by atoms with E-state index in [1.165, 1.54) is 5.56 Å². The molecule has 0 N–H and O–H groups in total. The molecule has 0 fully saturated rings. The minimum atomic E-state index is -0.0663. The second kappa shape index (κ2) is 6.95. The number of ether oxygens (including phenoxy) is 1. The van der Waals surface area contributed by atoms with Crippen molar-refractivity contribution in [2.75, 3.05) is 0 Å². The minimum absolute atomic E-state index is 0.0663. The van der Waals surface area contributed by atoms with E-state index < -0.39 is 0 Å². The first-order valence-electron chi connectivity index (χ1n) is 7.33. The zero-order valence-electron chi connectivity index (χ0n) is 12.9. The molecule has 21 heavy (non-hydrogen) atoms. The summed E-state index contributed by atoms with van der Waals surface area (Å²) in [5, 5.41) is 9.28. The van der Waals surface area contributed by atoms with Crippen molar-refractivity contribution in [3.05, 3.63) is 64.7 Å². The molecule has 0 aliphatic heterocycles. The third-order valence-corrected chi connectivity index (χ3v) is 3.72. The summed E-state index contributed by atoms with van der Waals surface area (Å²) in [6.45, 7) is 6.64. The van der Waals surface area contributed by atoms with Crippen LogP contribution in [0.3, 0.4) is 0 Å². The predicted molar refractivity (Wildman–Crippen MR) is 85.3 cm³/mol. The second-order valence-electron chi connectivity index (χ2n) is 5.35. The lowest BCUT2D eigenvalue weighted by molar-refractivity contribution is 0.302. The molecule has 0 saturated carbocycles. The summed E-state index contributed by atoms with van der Waals surface area (Å²) in [5.74, 6) is 0.846. The maximum absolute atomic E-state index is 9.28. The van der Waals surface area contributed by atoms with E-state index in [0.29, 0.717) is 6.61 Å². The molecule has 2 aromatic carbocycles. The van der Waals surface area contributed by atoms with E-state index in [4.69, 9.17) is 4.74 Å². The van der Waals surface area contributed by atoms with Gasteiger partial charge >= 0.3 is 0 Å². The molecule has 1 unspecified atom stereocenters. The standard InChI is InChI=1S/C19H21NO/c1-4-16(12-20)18-8-6-5-7-17(18)13-21-19-11-14(2)9-10-15(19)3/h5-11,16H,4,13H2,1-3H3. The predicted octanol–water partition coefficient (Wildman–Crippen LogP) is 4.90. The maximum Gasteiger partial charge on any atom is 0.122 e. The highest BCUT2D eigenvalue weighted by molar-refractivity contribution is 5.37. The summed E-state index contributed by atoms with van der Waals surface area (Å²) in [7, 11) is 0. The molecule has 2 rings (SSSR count). The molecule has 0 heterocycles. The van der Waals surface area contributed by atoms with Crippen LogP contribution in [0.4, 0.5) is 0 Å². The van der Waals surface area contributed by atoms with Gasteiger partial charge in [-0.3, -0.25) is 0 Å². The molecular formula is C19H21NO. The molecule has 1 atom stereocenters. The summed E-state index contributed by atoms with van der Waals surface area (Å²) in [6.07, 6.45) is 0.816. The van der Waals surface area contributed by atoms with E-state index in [0.717, 1.165) is 28.9 Å². The Kier molecular flexibility index (Phi) is 5.00. The van der Waals surface area contributed by atoms with Gasteiger partial charge in [0.15, 0.2) is 0 Å². The molecule has 0 amide bonds. The number of benzene rings is 2. The van der Waals surface area contributed by atoms with Gasteiger partial charge in [-0.25, -0.2) is 0 Å². The molecule has 0 aliphatic rings. The number of rotatable bonds is 5. The van der Waals surface area contributed by atoms with Crippen molar-refractivity contribution < 1.29 is 4.74 Å². The quantitative estimate of drug-likeness (QED) is 0.780. The van der Waals surface area contributed by atoms with Crippen LogP contribution < -0.4 is 4.74 Å². The molecule has 0 bridgehead atoms. The average Bonchev–Trinajstić information content (AvgIpc) is 2.50. The molecule has 0 aromatic heterocycles. The van der Waals surface area contributed by atoms with Crippen molar-refractivity contribution >= 4 is 0 Å². The molecule has 0 radical (unpaired) electrons. The molecule has 0 aliphatic carbocycles. The van der Waals surface area contributed by atoms with Crippen molar-refractivity contribution in [1.29, 1.82) is 5.26 Å². The molecule has 0 spiro atoms. The first-order valence-corrected chi connectivity index (χ1v) is 7.33. The van der Waals surface area contributed by atoms with E-state index in [9.17, 15) is 5.26 Å². The third-order valence-electron chi connectivity index (χ3n) is 3.72. The Morgan fingerprint density at radius 2 is 1.90 bits per heavy atom. The van der Waals surface area contributed by atoms with Gasteiger partial charge in [0.1, 0.15) is 12.4 Å². The van der Waals surface area contributed by atoms with Crippen LogP contribution in [0.15, 0.2) is 42.5 Å². The SMILES string of the molecule is CCC(C#N)c1ccccc1COc1cc(C)ccc1C. The number of nitriles is 1. The van der Waals surface area contributed by atoms with Gasteiger partial charge in [0.05, 0.1) is 12.0 Å². The second-order valence-corrected chi connectivity index (χ2v) is 5.35. The molecule has 2 aromatic rings. The molecule has 2 nitrogen and oxygen atoms in total. The van der Waals surface area contributed by atoms with Gasteiger partial charge in [0.2, 0.25) is 0 Å². The Morgan fingerprint density at radius 1 is 1.14 bits per heavy atom. The fourth-order valence-electron chi connectivity index (χ4n) is 2.40. The Hall–Kier alpha value is -2.27. The first kappa shape index (κ1) is 15.1. The topological polar surface area (TPSA) is 33.0 Å². The van der Waals surface area contributed by atoms with Crippen LogP contribution in [-0.4, -0.2) is 0 Å². The summed E-state index contributed by atoms with van der Waals surface area (Å²) in [5.41, 5.74) is 4.48. The van der Waals surface area contributed by atoms with E-state index in [1.807, 2.05) is 38.1 Å². The lowest BCUT2D eigenvalue weighted by Gasteiger charge is -2.15. The summed E-state index contributed by atoms with van der Waals surface area (Å²) < 4.78 is 5.97. The van der Waals surface area contributed by atoms with E-state index in [-0.39, 0.29) is 5.92 Å². The van der Waals surface area contributed by atoms with Crippen LogP contribution in [0, 0.1) is 25.2 Å². The molecule has 0 saturated heterocycles. The van der Waals surface area contributed by atoms with Crippen LogP contribution in [0.2, 0.25) is 0 Å². The largest absolute Gasteiger partial charge is 0.489 e. The van der Waals surface area contributed by atoms with Gasteiger partial charge in [0.25, 0.3) is 0 Å². The number of hydrogen-bond donors (Lipinski definition) is 0. The van der Waals surface area contributed by atoms with Crippen molar-refractivity contribution in [2.24, 2.45) is 0 Å². The fraction of sp³-hybridized carbons (Fsp3) is 0.316. The van der Waals surface area contributed by atoms with Gasteiger partial charge in [-0.15, -0.1) is 0 Å². The van der Waals surface area contributed by atoms with Crippen LogP contribution in [0.1, 0.15) is 41.5 Å². The van der Waals surface area contributed by atoms with E-state index in [1.54, 1.807) is 0 Å². The van der Waals surface area contributed by atoms with Crippen molar-refractivity contribution in [3.63, 3.8) is 0 Å².